The molecule has 35 heavy (non-hydrogen) atoms. The first-order chi connectivity index (χ1) is 17.1. The molecule has 4 aromatic rings. The molecule has 4 rings (SSSR count). The number of nitrogen functional groups attached to an aromatic ring is 2. The molecule has 0 aliphatic rings. The van der Waals surface area contributed by atoms with E-state index in [0.29, 0.717) is 32.5 Å². The number of ether oxygens (including phenoxy) is 2. The molecule has 2 aromatic carbocycles. The summed E-state index contributed by atoms with van der Waals surface area (Å²) in [7, 11) is 0. The zero-order valence-corrected chi connectivity index (χ0v) is 20.5. The number of benzene rings is 2. The molecule has 0 bridgehead atoms. The number of hydrogen-bond donors (Lipinski definition) is 3. The van der Waals surface area contributed by atoms with Crippen molar-refractivity contribution in [1.82, 2.24) is 19.9 Å². The fourth-order valence-corrected chi connectivity index (χ4v) is 2.78. The lowest BCUT2D eigenvalue weighted by Crippen LogP contribution is -2.00. The highest BCUT2D eigenvalue weighted by Crippen LogP contribution is 2.27. The number of aliphatic hydroxyl groups is 1. The van der Waals surface area contributed by atoms with Crippen molar-refractivity contribution in [2.45, 2.75) is 0 Å². The van der Waals surface area contributed by atoms with Gasteiger partial charge in [0, 0.05) is 0 Å². The van der Waals surface area contributed by atoms with E-state index in [1.54, 1.807) is 12.1 Å². The van der Waals surface area contributed by atoms with Crippen molar-refractivity contribution in [3.8, 4) is 35.1 Å². The van der Waals surface area contributed by atoms with Crippen LogP contribution in [0.4, 0.5) is 11.4 Å². The second-order valence-electron chi connectivity index (χ2n) is 6.51. The summed E-state index contributed by atoms with van der Waals surface area (Å²) in [5.41, 5.74) is 12.8. The maximum absolute atomic E-state index is 8.60. The van der Waals surface area contributed by atoms with E-state index in [2.05, 4.69) is 31.8 Å². The molecular weight excluding hydrogens is 559 g/mol. The number of nitrogens with two attached hydrogens (primary N) is 2. The summed E-state index contributed by atoms with van der Waals surface area (Å²) in [6.45, 7) is -0.0592. The molecule has 0 saturated heterocycles. The zero-order chi connectivity index (χ0) is 24.9. The predicted octanol–water partition coefficient (Wildman–Crippen LogP) is 4.21. The molecule has 0 amide bonds. The number of para-hydroxylation sites is 2. The molecule has 2 aromatic heterocycles. The molecule has 5 N–H and O–H groups in total. The van der Waals surface area contributed by atoms with Crippen LogP contribution in [-0.4, -0.2) is 31.6 Å². The highest BCUT2D eigenvalue weighted by molar-refractivity contribution is 14.1. The number of allylic oxidation sites excluding steroid dienone is 1. The first-order valence-corrected chi connectivity index (χ1v) is 11.3. The number of aliphatic hydroxyl groups excluding tert-OH is 1. The van der Waals surface area contributed by atoms with Crippen LogP contribution in [0.1, 0.15) is 5.69 Å². The maximum Gasteiger partial charge on any atom is 0.247 e. The van der Waals surface area contributed by atoms with Gasteiger partial charge in [-0.2, -0.15) is 9.97 Å². The molecule has 10 heteroatoms. The zero-order valence-electron chi connectivity index (χ0n) is 18.4. The standard InChI is InChI=1S/C15H13N3O2.C10H8IN3O/c16-14-13(9-5-2-6-10-19)17-11-18-15(14)20-12-7-3-1-4-8-12;11-9-8(12)10(14-6-13-9)15-7-4-2-1-3-5-7/h1-4,6-8,11,19H,10,16H2;1-6H,12H2/b6-2+;. The molecule has 0 spiro atoms. The highest BCUT2D eigenvalue weighted by Gasteiger charge is 2.08. The van der Waals surface area contributed by atoms with Crippen molar-refractivity contribution in [1.29, 1.82) is 0 Å². The van der Waals surface area contributed by atoms with Gasteiger partial charge in [-0.25, -0.2) is 9.97 Å². The van der Waals surface area contributed by atoms with Gasteiger partial charge in [-0.3, -0.25) is 0 Å². The smallest absolute Gasteiger partial charge is 0.247 e. The van der Waals surface area contributed by atoms with Crippen LogP contribution in [0.2, 0.25) is 0 Å². The predicted molar refractivity (Wildman–Crippen MR) is 142 cm³/mol. The summed E-state index contributed by atoms with van der Waals surface area (Å²) in [4.78, 5) is 15.9. The molecule has 176 valence electrons. The van der Waals surface area contributed by atoms with Gasteiger partial charge in [0.05, 0.1) is 6.61 Å². The van der Waals surface area contributed by atoms with Crippen LogP contribution in [0.5, 0.6) is 23.3 Å². The van der Waals surface area contributed by atoms with Crippen molar-refractivity contribution < 1.29 is 14.6 Å². The van der Waals surface area contributed by atoms with Gasteiger partial charge in [-0.15, -0.1) is 0 Å². The summed E-state index contributed by atoms with van der Waals surface area (Å²) in [5.74, 6) is 7.49. The van der Waals surface area contributed by atoms with E-state index < -0.39 is 0 Å². The van der Waals surface area contributed by atoms with Crippen LogP contribution in [0, 0.1) is 15.5 Å². The Hall–Kier alpha value is -4.21. The van der Waals surface area contributed by atoms with Gasteiger partial charge in [0.2, 0.25) is 11.8 Å². The molecular formula is C25H21IN6O3. The minimum absolute atomic E-state index is 0.0592. The van der Waals surface area contributed by atoms with Crippen molar-refractivity contribution in [2.24, 2.45) is 0 Å². The lowest BCUT2D eigenvalue weighted by atomic mass is 10.3. The third kappa shape index (κ3) is 7.95. The fraction of sp³-hybridized carbons (Fsp3) is 0.0400. The number of rotatable bonds is 5. The molecule has 2 heterocycles. The summed E-state index contributed by atoms with van der Waals surface area (Å²) in [6.07, 6.45) is 5.82. The Morgan fingerprint density at radius 3 is 1.91 bits per heavy atom. The van der Waals surface area contributed by atoms with Gasteiger partial charge in [0.15, 0.2) is 0 Å². The highest BCUT2D eigenvalue weighted by atomic mass is 127. The fourth-order valence-electron chi connectivity index (χ4n) is 2.42. The van der Waals surface area contributed by atoms with Crippen LogP contribution in [-0.2, 0) is 0 Å². The van der Waals surface area contributed by atoms with Gasteiger partial charge < -0.3 is 26.0 Å². The Labute approximate surface area is 216 Å². The minimum atomic E-state index is -0.0592. The van der Waals surface area contributed by atoms with Crippen molar-refractivity contribution in [3.63, 3.8) is 0 Å². The third-order valence-corrected chi connectivity index (χ3v) is 4.92. The summed E-state index contributed by atoms with van der Waals surface area (Å²) < 4.78 is 11.8. The van der Waals surface area contributed by atoms with Gasteiger partial charge >= 0.3 is 0 Å². The Morgan fingerprint density at radius 2 is 1.34 bits per heavy atom. The molecule has 0 unspecified atom stereocenters. The SMILES string of the molecule is Nc1c(C#C/C=C/CO)ncnc1Oc1ccccc1.Nc1c(I)ncnc1Oc1ccccc1. The number of anilines is 2. The lowest BCUT2D eigenvalue weighted by molar-refractivity contribution is 0.343. The normalized spacial score (nSPS) is 10.0. The van der Waals surface area contributed by atoms with Crippen LogP contribution in [0.25, 0.3) is 0 Å². The molecule has 9 nitrogen and oxygen atoms in total. The first kappa shape index (κ1) is 25.4. The van der Waals surface area contributed by atoms with E-state index in [1.165, 1.54) is 24.8 Å². The van der Waals surface area contributed by atoms with Gasteiger partial charge in [-0.05, 0) is 58.9 Å². The number of aromatic nitrogens is 4. The maximum atomic E-state index is 8.60. The molecule has 0 aliphatic heterocycles. The van der Waals surface area contributed by atoms with Gasteiger partial charge in [-0.1, -0.05) is 48.4 Å². The van der Waals surface area contributed by atoms with Gasteiger partial charge in [0.25, 0.3) is 0 Å². The topological polar surface area (TPSA) is 142 Å². The monoisotopic (exact) mass is 580 g/mol. The van der Waals surface area contributed by atoms with Crippen molar-refractivity contribution in [3.05, 3.63) is 94.9 Å². The van der Waals surface area contributed by atoms with E-state index in [1.807, 2.05) is 71.1 Å². The van der Waals surface area contributed by atoms with E-state index in [-0.39, 0.29) is 18.2 Å². The molecule has 0 radical (unpaired) electrons. The van der Waals surface area contributed by atoms with Crippen molar-refractivity contribution >= 4 is 34.0 Å². The summed E-state index contributed by atoms with van der Waals surface area (Å²) in [6, 6.07) is 18.6. The third-order valence-electron chi connectivity index (χ3n) is 4.06. The van der Waals surface area contributed by atoms with E-state index >= 15 is 0 Å². The molecule has 0 aliphatic carbocycles. The van der Waals surface area contributed by atoms with Crippen LogP contribution < -0.4 is 20.9 Å². The molecule has 0 fully saturated rings. The van der Waals surface area contributed by atoms with Crippen LogP contribution in [0.15, 0.2) is 85.5 Å². The van der Waals surface area contributed by atoms with Crippen LogP contribution >= 0.6 is 22.6 Å². The van der Waals surface area contributed by atoms with E-state index in [4.69, 9.17) is 26.0 Å². The Balaban J connectivity index is 0.000000203. The molecule has 0 atom stereocenters. The number of hydrogen-bond acceptors (Lipinski definition) is 9. The van der Waals surface area contributed by atoms with Gasteiger partial charge in [0.1, 0.15) is 44.9 Å². The Kier molecular flexibility index (Phi) is 9.79. The minimum Gasteiger partial charge on any atom is -0.437 e. The largest absolute Gasteiger partial charge is 0.437 e. The lowest BCUT2D eigenvalue weighted by Gasteiger charge is -2.07. The quantitative estimate of drug-likeness (QED) is 0.180. The number of nitrogens with zero attached hydrogens (tertiary/aromatic N) is 4. The molecule has 0 saturated carbocycles. The first-order valence-electron chi connectivity index (χ1n) is 10.2. The Morgan fingerprint density at radius 1 is 0.800 bits per heavy atom. The van der Waals surface area contributed by atoms with Crippen LogP contribution in [0.3, 0.4) is 0 Å². The second kappa shape index (κ2) is 13.5. The Bertz CT molecular complexity index is 1330. The van der Waals surface area contributed by atoms with E-state index in [9.17, 15) is 0 Å². The summed E-state index contributed by atoms with van der Waals surface area (Å²) in [5, 5.41) is 8.60. The average molecular weight is 580 g/mol. The second-order valence-corrected chi connectivity index (χ2v) is 7.53. The van der Waals surface area contributed by atoms with Crippen molar-refractivity contribution in [2.75, 3.05) is 18.1 Å². The number of halogens is 1. The summed E-state index contributed by atoms with van der Waals surface area (Å²) >= 11 is 2.04. The average Bonchev–Trinajstić information content (AvgIpc) is 2.88. The van der Waals surface area contributed by atoms with E-state index in [0.717, 1.165) is 0 Å².